The molecule has 0 bridgehead atoms. The van der Waals surface area contributed by atoms with Crippen molar-refractivity contribution in [2.45, 2.75) is 25.9 Å². The zero-order valence-electron chi connectivity index (χ0n) is 12.6. The molecule has 6 heteroatoms. The molecular weight excluding hydrogens is 275 g/mol. The molecule has 0 radical (unpaired) electrons. The second-order valence-electron chi connectivity index (χ2n) is 5.38. The number of carbonyl (C=O) groups excluding carboxylic acids is 1. The molecule has 1 N–H and O–H groups in total. The van der Waals surface area contributed by atoms with Crippen LogP contribution in [0, 0.1) is 5.82 Å². The summed E-state index contributed by atoms with van der Waals surface area (Å²) >= 11 is 0. The van der Waals surface area contributed by atoms with E-state index >= 15 is 0 Å². The van der Waals surface area contributed by atoms with Gasteiger partial charge in [-0.15, -0.1) is 0 Å². The number of hydrogen-bond acceptors (Lipinski definition) is 3. The van der Waals surface area contributed by atoms with E-state index in [1.165, 1.54) is 19.2 Å². The Morgan fingerprint density at radius 2 is 2.29 bits per heavy atom. The molecule has 2 rings (SSSR count). The maximum atomic E-state index is 13.4. The highest BCUT2D eigenvalue weighted by Crippen LogP contribution is 2.23. The van der Waals surface area contributed by atoms with E-state index in [4.69, 9.17) is 9.47 Å². The lowest BCUT2D eigenvalue weighted by Gasteiger charge is -2.39. The fraction of sp³-hybridized carbons (Fsp3) is 0.533. The summed E-state index contributed by atoms with van der Waals surface area (Å²) < 4.78 is 24.1. The predicted octanol–water partition coefficient (Wildman–Crippen LogP) is 2.87. The molecule has 21 heavy (non-hydrogen) atoms. The van der Waals surface area contributed by atoms with Crippen LogP contribution in [0.25, 0.3) is 0 Å². The van der Waals surface area contributed by atoms with Crippen LogP contribution < -0.4 is 10.1 Å². The first-order chi connectivity index (χ1) is 9.95. The zero-order valence-corrected chi connectivity index (χ0v) is 12.6. The summed E-state index contributed by atoms with van der Waals surface area (Å²) in [7, 11) is 1.45. The van der Waals surface area contributed by atoms with Crippen molar-refractivity contribution in [1.82, 2.24) is 4.90 Å². The minimum absolute atomic E-state index is 0.259. The number of hydrogen-bond donors (Lipinski definition) is 1. The average molecular weight is 296 g/mol. The summed E-state index contributed by atoms with van der Waals surface area (Å²) in [6, 6.07) is 3.85. The number of nitrogens with one attached hydrogen (secondary N) is 1. The molecule has 0 unspecified atom stereocenters. The predicted molar refractivity (Wildman–Crippen MR) is 78.2 cm³/mol. The first-order valence-electron chi connectivity index (χ1n) is 7.00. The van der Waals surface area contributed by atoms with Crippen LogP contribution in [-0.2, 0) is 4.74 Å². The molecule has 1 aliphatic heterocycles. The number of benzene rings is 1. The molecule has 116 valence electrons. The van der Waals surface area contributed by atoms with Crippen molar-refractivity contribution in [3.8, 4) is 5.75 Å². The molecule has 1 aromatic rings. The number of urea groups is 1. The Hall–Kier alpha value is -1.82. The van der Waals surface area contributed by atoms with Crippen LogP contribution in [0.3, 0.4) is 0 Å². The number of rotatable bonds is 3. The minimum Gasteiger partial charge on any atom is -0.497 e. The van der Waals surface area contributed by atoms with Gasteiger partial charge in [-0.05, 0) is 19.4 Å². The van der Waals surface area contributed by atoms with Crippen LogP contribution in [0.5, 0.6) is 5.75 Å². The minimum atomic E-state index is -0.454. The third-order valence-corrected chi connectivity index (χ3v) is 3.73. The fourth-order valence-electron chi connectivity index (χ4n) is 2.27. The van der Waals surface area contributed by atoms with Gasteiger partial charge >= 0.3 is 6.03 Å². The highest BCUT2D eigenvalue weighted by Gasteiger charge is 2.32. The molecule has 1 atom stereocenters. The standard InChI is InChI=1S/C15H21FN2O3/c1-4-15(2)10-18(5-6-21-15)14(19)17-12-7-11(16)8-13(9-12)20-3/h7-9H,4-6,10H2,1-3H3,(H,17,19)/t15-/m0/s1. The lowest BCUT2D eigenvalue weighted by molar-refractivity contribution is -0.0860. The topological polar surface area (TPSA) is 50.8 Å². The summed E-state index contributed by atoms with van der Waals surface area (Å²) in [5.74, 6) is -0.0873. The number of carbonyl (C=O) groups is 1. The van der Waals surface area contributed by atoms with Crippen molar-refractivity contribution in [3.63, 3.8) is 0 Å². The normalized spacial score (nSPS) is 22.0. The molecule has 5 nitrogen and oxygen atoms in total. The lowest BCUT2D eigenvalue weighted by Crippen LogP contribution is -2.53. The second kappa shape index (κ2) is 6.30. The van der Waals surface area contributed by atoms with Crippen molar-refractivity contribution in [2.24, 2.45) is 0 Å². The van der Waals surface area contributed by atoms with Gasteiger partial charge in [0.1, 0.15) is 11.6 Å². The molecule has 0 aromatic heterocycles. The number of anilines is 1. The summed E-state index contributed by atoms with van der Waals surface area (Å²) in [5, 5.41) is 2.70. The summed E-state index contributed by atoms with van der Waals surface area (Å²) in [4.78, 5) is 14.0. The van der Waals surface area contributed by atoms with Crippen LogP contribution in [0.4, 0.5) is 14.9 Å². The van der Waals surface area contributed by atoms with Gasteiger partial charge in [-0.1, -0.05) is 6.92 Å². The lowest BCUT2D eigenvalue weighted by atomic mass is 10.0. The fourth-order valence-corrected chi connectivity index (χ4v) is 2.27. The molecule has 0 saturated carbocycles. The molecule has 1 fully saturated rings. The van der Waals surface area contributed by atoms with Crippen molar-refractivity contribution in [1.29, 1.82) is 0 Å². The molecular formula is C15H21FN2O3. The van der Waals surface area contributed by atoms with E-state index in [-0.39, 0.29) is 11.6 Å². The number of amides is 2. The largest absolute Gasteiger partial charge is 0.497 e. The van der Waals surface area contributed by atoms with E-state index in [2.05, 4.69) is 5.32 Å². The number of halogens is 1. The molecule has 1 aliphatic rings. The Labute approximate surface area is 124 Å². The Bertz CT molecular complexity index is 524. The monoisotopic (exact) mass is 296 g/mol. The Morgan fingerprint density at radius 3 is 2.95 bits per heavy atom. The molecule has 1 saturated heterocycles. The van der Waals surface area contributed by atoms with Gasteiger partial charge in [-0.2, -0.15) is 0 Å². The number of ether oxygens (including phenoxy) is 2. The average Bonchev–Trinajstić information content (AvgIpc) is 2.46. The number of nitrogens with zero attached hydrogens (tertiary/aromatic N) is 1. The molecule has 1 aromatic carbocycles. The molecule has 0 aliphatic carbocycles. The van der Waals surface area contributed by atoms with Crippen LogP contribution in [-0.4, -0.2) is 43.3 Å². The summed E-state index contributed by atoms with van der Waals surface area (Å²) in [5.41, 5.74) is 0.0522. The Balaban J connectivity index is 2.06. The highest BCUT2D eigenvalue weighted by atomic mass is 19.1. The van der Waals surface area contributed by atoms with E-state index in [1.807, 2.05) is 13.8 Å². The van der Waals surface area contributed by atoms with Crippen molar-refractivity contribution >= 4 is 11.7 Å². The van der Waals surface area contributed by atoms with Gasteiger partial charge in [-0.3, -0.25) is 0 Å². The van der Waals surface area contributed by atoms with E-state index in [0.29, 0.717) is 31.1 Å². The van der Waals surface area contributed by atoms with Crippen LogP contribution in [0.1, 0.15) is 20.3 Å². The van der Waals surface area contributed by atoms with E-state index in [9.17, 15) is 9.18 Å². The van der Waals surface area contributed by atoms with E-state index in [1.54, 1.807) is 11.0 Å². The SMILES string of the molecule is CC[C@@]1(C)CN(C(=O)Nc2cc(F)cc(OC)c2)CCO1. The smallest absolute Gasteiger partial charge is 0.322 e. The number of morpholine rings is 1. The maximum absolute atomic E-state index is 13.4. The van der Waals surface area contributed by atoms with Crippen molar-refractivity contribution in [3.05, 3.63) is 24.0 Å². The first-order valence-corrected chi connectivity index (χ1v) is 7.00. The zero-order chi connectivity index (χ0) is 15.5. The van der Waals surface area contributed by atoms with Crippen LogP contribution in [0.2, 0.25) is 0 Å². The van der Waals surface area contributed by atoms with E-state index < -0.39 is 5.82 Å². The quantitative estimate of drug-likeness (QED) is 0.933. The van der Waals surface area contributed by atoms with Gasteiger partial charge in [0.15, 0.2) is 0 Å². The third kappa shape index (κ3) is 3.85. The van der Waals surface area contributed by atoms with Gasteiger partial charge in [0.25, 0.3) is 0 Å². The number of methoxy groups -OCH3 is 1. The van der Waals surface area contributed by atoms with Gasteiger partial charge in [0.05, 0.1) is 25.9 Å². The highest BCUT2D eigenvalue weighted by molar-refractivity contribution is 5.89. The van der Waals surface area contributed by atoms with Gasteiger partial charge in [0, 0.05) is 24.4 Å². The van der Waals surface area contributed by atoms with Crippen LogP contribution >= 0.6 is 0 Å². The first kappa shape index (κ1) is 15.6. The third-order valence-electron chi connectivity index (χ3n) is 3.73. The maximum Gasteiger partial charge on any atom is 0.322 e. The molecule has 0 spiro atoms. The van der Waals surface area contributed by atoms with E-state index in [0.717, 1.165) is 6.42 Å². The van der Waals surface area contributed by atoms with Crippen molar-refractivity contribution < 1.29 is 18.7 Å². The second-order valence-corrected chi connectivity index (χ2v) is 5.38. The molecule has 2 amide bonds. The van der Waals surface area contributed by atoms with Crippen molar-refractivity contribution in [2.75, 3.05) is 32.1 Å². The summed E-state index contributed by atoms with van der Waals surface area (Å²) in [6.45, 7) is 5.55. The molecule has 1 heterocycles. The summed E-state index contributed by atoms with van der Waals surface area (Å²) in [6.07, 6.45) is 0.824. The van der Waals surface area contributed by atoms with Gasteiger partial charge in [-0.25, -0.2) is 9.18 Å². The van der Waals surface area contributed by atoms with Crippen LogP contribution in [0.15, 0.2) is 18.2 Å². The van der Waals surface area contributed by atoms with Gasteiger partial charge < -0.3 is 19.7 Å². The Morgan fingerprint density at radius 1 is 1.52 bits per heavy atom. The Kier molecular flexibility index (Phi) is 4.67. The van der Waals surface area contributed by atoms with Gasteiger partial charge in [0.2, 0.25) is 0 Å².